The van der Waals surface area contributed by atoms with Gasteiger partial charge in [0, 0.05) is 18.8 Å². The molecule has 3 nitrogen and oxygen atoms in total. The lowest BCUT2D eigenvalue weighted by molar-refractivity contribution is 0.678. The standard InChI is InChI=1S/C16H27N3/c1-4-7-11-19(12-8-5-2)16-10-9-14(18-6-3)13-15(16)17/h6,9-10,13,18H,3-5,7-8,11-12,17H2,1-2H3. The van der Waals surface area contributed by atoms with E-state index in [1.54, 1.807) is 6.20 Å². The molecule has 3 N–H and O–H groups in total. The number of rotatable bonds is 9. The monoisotopic (exact) mass is 261 g/mol. The van der Waals surface area contributed by atoms with Gasteiger partial charge in [-0.2, -0.15) is 0 Å². The van der Waals surface area contributed by atoms with Crippen molar-refractivity contribution in [2.24, 2.45) is 0 Å². The summed E-state index contributed by atoms with van der Waals surface area (Å²) < 4.78 is 0. The molecule has 1 aromatic rings. The highest BCUT2D eigenvalue weighted by Crippen LogP contribution is 2.27. The zero-order valence-electron chi connectivity index (χ0n) is 12.3. The number of hydrogen-bond donors (Lipinski definition) is 2. The van der Waals surface area contributed by atoms with Crippen molar-refractivity contribution in [2.75, 3.05) is 29.0 Å². The second kappa shape index (κ2) is 8.46. The molecule has 0 fully saturated rings. The minimum absolute atomic E-state index is 0.832. The third-order valence-electron chi connectivity index (χ3n) is 3.20. The summed E-state index contributed by atoms with van der Waals surface area (Å²) in [6, 6.07) is 6.13. The Kier molecular flexibility index (Phi) is 6.86. The number of nitrogen functional groups attached to an aromatic ring is 1. The second-order valence-electron chi connectivity index (χ2n) is 4.82. The number of nitrogens with zero attached hydrogens (tertiary/aromatic N) is 1. The van der Waals surface area contributed by atoms with Crippen molar-refractivity contribution in [3.8, 4) is 0 Å². The van der Waals surface area contributed by atoms with Gasteiger partial charge in [-0.1, -0.05) is 33.3 Å². The zero-order valence-corrected chi connectivity index (χ0v) is 12.3. The van der Waals surface area contributed by atoms with Crippen LogP contribution >= 0.6 is 0 Å². The highest BCUT2D eigenvalue weighted by molar-refractivity contribution is 5.73. The predicted molar refractivity (Wildman–Crippen MR) is 86.7 cm³/mol. The van der Waals surface area contributed by atoms with Gasteiger partial charge in [0.15, 0.2) is 0 Å². The Morgan fingerprint density at radius 2 is 1.84 bits per heavy atom. The van der Waals surface area contributed by atoms with E-state index < -0.39 is 0 Å². The van der Waals surface area contributed by atoms with E-state index in [-0.39, 0.29) is 0 Å². The van der Waals surface area contributed by atoms with E-state index >= 15 is 0 Å². The lowest BCUT2D eigenvalue weighted by atomic mass is 10.2. The van der Waals surface area contributed by atoms with Gasteiger partial charge >= 0.3 is 0 Å². The van der Waals surface area contributed by atoms with E-state index in [0.717, 1.165) is 30.2 Å². The van der Waals surface area contributed by atoms with Crippen molar-refractivity contribution in [3.05, 3.63) is 31.0 Å². The van der Waals surface area contributed by atoms with Crippen LogP contribution in [0.5, 0.6) is 0 Å². The fraction of sp³-hybridized carbons (Fsp3) is 0.500. The van der Waals surface area contributed by atoms with E-state index in [9.17, 15) is 0 Å². The van der Waals surface area contributed by atoms with Crippen LogP contribution in [0.4, 0.5) is 17.1 Å². The van der Waals surface area contributed by atoms with Crippen LogP contribution in [0.1, 0.15) is 39.5 Å². The molecule has 0 aliphatic carbocycles. The van der Waals surface area contributed by atoms with Crippen molar-refractivity contribution in [2.45, 2.75) is 39.5 Å². The van der Waals surface area contributed by atoms with Gasteiger partial charge < -0.3 is 16.0 Å². The van der Waals surface area contributed by atoms with Crippen molar-refractivity contribution < 1.29 is 0 Å². The summed E-state index contributed by atoms with van der Waals surface area (Å²) in [4.78, 5) is 2.40. The molecule has 0 unspecified atom stereocenters. The van der Waals surface area contributed by atoms with Crippen molar-refractivity contribution in [1.29, 1.82) is 0 Å². The molecule has 1 aromatic carbocycles. The third-order valence-corrected chi connectivity index (χ3v) is 3.20. The molecule has 0 bridgehead atoms. The van der Waals surface area contributed by atoms with Crippen LogP contribution < -0.4 is 16.0 Å². The molecule has 0 aromatic heterocycles. The SMILES string of the molecule is C=CNc1ccc(N(CCCC)CCCC)c(N)c1. The van der Waals surface area contributed by atoms with Crippen LogP contribution in [-0.2, 0) is 0 Å². The fourth-order valence-corrected chi connectivity index (χ4v) is 2.10. The Morgan fingerprint density at radius 1 is 1.21 bits per heavy atom. The third kappa shape index (κ3) is 4.86. The molecular formula is C16H27N3. The largest absolute Gasteiger partial charge is 0.397 e. The topological polar surface area (TPSA) is 41.3 Å². The van der Waals surface area contributed by atoms with Gasteiger partial charge in [-0.3, -0.25) is 0 Å². The van der Waals surface area contributed by atoms with Gasteiger partial charge in [-0.25, -0.2) is 0 Å². The van der Waals surface area contributed by atoms with E-state index in [1.165, 1.54) is 25.7 Å². The van der Waals surface area contributed by atoms with Crippen LogP contribution in [0.2, 0.25) is 0 Å². The first-order valence-electron chi connectivity index (χ1n) is 7.24. The maximum Gasteiger partial charge on any atom is 0.0601 e. The average molecular weight is 261 g/mol. The number of nitrogens with two attached hydrogens (primary N) is 1. The Hall–Kier alpha value is -1.64. The van der Waals surface area contributed by atoms with Crippen molar-refractivity contribution in [1.82, 2.24) is 0 Å². The van der Waals surface area contributed by atoms with Crippen LogP contribution in [-0.4, -0.2) is 13.1 Å². The Balaban J connectivity index is 2.84. The molecule has 0 spiro atoms. The molecule has 0 saturated carbocycles. The van der Waals surface area contributed by atoms with Gasteiger partial charge in [-0.15, -0.1) is 0 Å². The van der Waals surface area contributed by atoms with Crippen molar-refractivity contribution >= 4 is 17.1 Å². The van der Waals surface area contributed by atoms with Crippen LogP contribution in [0, 0.1) is 0 Å². The molecule has 19 heavy (non-hydrogen) atoms. The lowest BCUT2D eigenvalue weighted by Crippen LogP contribution is -2.26. The summed E-state index contributed by atoms with van der Waals surface area (Å²) in [5.74, 6) is 0. The number of nitrogens with one attached hydrogen (secondary N) is 1. The first-order valence-corrected chi connectivity index (χ1v) is 7.24. The fourth-order valence-electron chi connectivity index (χ4n) is 2.10. The molecule has 106 valence electrons. The minimum atomic E-state index is 0.832. The number of unbranched alkanes of at least 4 members (excludes halogenated alkanes) is 2. The van der Waals surface area contributed by atoms with Gasteiger partial charge in [-0.05, 0) is 37.2 Å². The van der Waals surface area contributed by atoms with Crippen LogP contribution in [0.3, 0.4) is 0 Å². The molecule has 0 amide bonds. The quantitative estimate of drug-likeness (QED) is 0.654. The Bertz CT molecular complexity index is 380. The smallest absolute Gasteiger partial charge is 0.0601 e. The van der Waals surface area contributed by atoms with E-state index in [4.69, 9.17) is 5.73 Å². The van der Waals surface area contributed by atoms with Gasteiger partial charge in [0.05, 0.1) is 11.4 Å². The molecular weight excluding hydrogens is 234 g/mol. The van der Waals surface area contributed by atoms with E-state index in [2.05, 4.69) is 42.8 Å². The van der Waals surface area contributed by atoms with E-state index in [0.29, 0.717) is 0 Å². The normalized spacial score (nSPS) is 10.2. The van der Waals surface area contributed by atoms with Crippen molar-refractivity contribution in [3.63, 3.8) is 0 Å². The summed E-state index contributed by atoms with van der Waals surface area (Å²) in [6.07, 6.45) is 6.49. The Morgan fingerprint density at radius 3 is 2.32 bits per heavy atom. The number of benzene rings is 1. The molecule has 3 heteroatoms. The van der Waals surface area contributed by atoms with Gasteiger partial charge in [0.25, 0.3) is 0 Å². The zero-order chi connectivity index (χ0) is 14.1. The highest BCUT2D eigenvalue weighted by Gasteiger charge is 2.09. The lowest BCUT2D eigenvalue weighted by Gasteiger charge is -2.26. The predicted octanol–water partition coefficient (Wildman–Crippen LogP) is 4.23. The molecule has 0 heterocycles. The summed E-state index contributed by atoms with van der Waals surface area (Å²) >= 11 is 0. The van der Waals surface area contributed by atoms with Gasteiger partial charge in [0.1, 0.15) is 0 Å². The first-order chi connectivity index (χ1) is 9.22. The molecule has 0 aliphatic heterocycles. The number of anilines is 3. The maximum atomic E-state index is 6.18. The summed E-state index contributed by atoms with van der Waals surface area (Å²) in [5, 5.41) is 3.07. The molecule has 0 atom stereocenters. The Labute approximate surface area is 117 Å². The molecule has 1 rings (SSSR count). The molecule has 0 aliphatic rings. The molecule has 0 radical (unpaired) electrons. The maximum absolute atomic E-state index is 6.18. The number of hydrogen-bond acceptors (Lipinski definition) is 3. The summed E-state index contributed by atoms with van der Waals surface area (Å²) in [6.45, 7) is 10.3. The summed E-state index contributed by atoms with van der Waals surface area (Å²) in [7, 11) is 0. The summed E-state index contributed by atoms with van der Waals surface area (Å²) in [5.41, 5.74) is 9.15. The second-order valence-corrected chi connectivity index (χ2v) is 4.82. The molecule has 0 saturated heterocycles. The van der Waals surface area contributed by atoms with Crippen LogP contribution in [0.15, 0.2) is 31.0 Å². The van der Waals surface area contributed by atoms with E-state index in [1.807, 2.05) is 6.07 Å². The minimum Gasteiger partial charge on any atom is -0.397 e. The van der Waals surface area contributed by atoms with Gasteiger partial charge in [0.2, 0.25) is 0 Å². The average Bonchev–Trinajstić information content (AvgIpc) is 2.40. The van der Waals surface area contributed by atoms with Crippen LogP contribution in [0.25, 0.3) is 0 Å². The first kappa shape index (κ1) is 15.4. The highest BCUT2D eigenvalue weighted by atomic mass is 15.1.